The third kappa shape index (κ3) is 4.39. The van der Waals surface area contributed by atoms with Crippen molar-refractivity contribution in [3.05, 3.63) is 56.5 Å². The Balaban J connectivity index is 1.50. The Kier molecular flexibility index (Phi) is 5.68. The van der Waals surface area contributed by atoms with Crippen LogP contribution < -0.4 is 10.1 Å². The molecule has 2 aromatic rings. The molecule has 4 unspecified atom stereocenters. The van der Waals surface area contributed by atoms with Crippen molar-refractivity contribution in [2.24, 2.45) is 0 Å². The second-order valence-corrected chi connectivity index (χ2v) is 8.82. The van der Waals surface area contributed by atoms with Gasteiger partial charge in [0.05, 0.1) is 6.61 Å². The van der Waals surface area contributed by atoms with Gasteiger partial charge in [-0.05, 0) is 43.3 Å². The highest BCUT2D eigenvalue weighted by Gasteiger charge is 2.48. The Hall–Kier alpha value is -2.26. The maximum Gasteiger partial charge on any atom is 0.532 e. The number of ether oxygens (including phenoxy) is 1. The number of benzene rings is 1. The van der Waals surface area contributed by atoms with E-state index < -0.39 is 37.2 Å². The number of aromatic amines is 1. The van der Waals surface area contributed by atoms with E-state index in [1.807, 2.05) is 0 Å². The first-order chi connectivity index (χ1) is 14.6. The van der Waals surface area contributed by atoms with E-state index in [0.717, 1.165) is 12.1 Å². The number of H-pyrrole nitrogens is 1. The molecule has 13 heteroatoms. The molecule has 2 radical (unpaired) electrons. The lowest BCUT2D eigenvalue weighted by Gasteiger charge is -2.34. The number of fused-ring (bicyclic) bond motifs is 1. The molecule has 9 nitrogen and oxygen atoms in total. The first kappa shape index (κ1) is 22.0. The molecular weight excluding hydrogens is 449 g/mol. The summed E-state index contributed by atoms with van der Waals surface area (Å²) in [5, 5.41) is 10.6. The highest BCUT2D eigenvalue weighted by molar-refractivity contribution is 7.71. The number of rotatable bonds is 4. The molecule has 2 aliphatic rings. The minimum atomic E-state index is -4.33. The standard InChI is InChI=1S/C18H15BFN2O7PS/c1-2-10-8-22(17(31)21-16(10)23)15-6-5-14(27-15)18(19,24)29-30(25)26-9-11-7-12(20)3-4-13(11)28-30/h1,3-4,7-8,14-15,24H,5-6,9H2,(H,21,23,31). The number of halogens is 1. The smallest absolute Gasteiger partial charge is 0.404 e. The normalized spacial score (nSPS) is 27.0. The number of terminal acetylenes is 1. The molecule has 3 heterocycles. The number of phosphoric acid groups is 1. The Morgan fingerprint density at radius 1 is 1.48 bits per heavy atom. The van der Waals surface area contributed by atoms with Crippen molar-refractivity contribution in [2.45, 2.75) is 37.5 Å². The van der Waals surface area contributed by atoms with Crippen LogP contribution in [-0.2, 0) is 25.0 Å². The van der Waals surface area contributed by atoms with Crippen LogP contribution in [-0.4, -0.2) is 34.3 Å². The van der Waals surface area contributed by atoms with Gasteiger partial charge >= 0.3 is 7.82 Å². The third-order valence-electron chi connectivity index (χ3n) is 4.76. The van der Waals surface area contributed by atoms with Gasteiger partial charge in [-0.15, -0.1) is 6.42 Å². The number of aliphatic hydroxyl groups is 1. The van der Waals surface area contributed by atoms with Gasteiger partial charge in [-0.3, -0.25) is 23.4 Å². The lowest BCUT2D eigenvalue weighted by Crippen LogP contribution is -2.45. The van der Waals surface area contributed by atoms with E-state index in [1.165, 1.54) is 16.8 Å². The van der Waals surface area contributed by atoms with Crippen molar-refractivity contribution >= 4 is 27.9 Å². The first-order valence-corrected chi connectivity index (χ1v) is 10.9. The Morgan fingerprint density at radius 2 is 2.26 bits per heavy atom. The van der Waals surface area contributed by atoms with Crippen molar-refractivity contribution in [1.82, 2.24) is 9.55 Å². The van der Waals surface area contributed by atoms with Crippen LogP contribution in [0, 0.1) is 22.9 Å². The van der Waals surface area contributed by atoms with Crippen LogP contribution in [0.25, 0.3) is 0 Å². The van der Waals surface area contributed by atoms with Crippen molar-refractivity contribution in [3.63, 3.8) is 0 Å². The van der Waals surface area contributed by atoms with Crippen molar-refractivity contribution in [1.29, 1.82) is 0 Å². The van der Waals surface area contributed by atoms with E-state index in [2.05, 4.69) is 10.9 Å². The summed E-state index contributed by atoms with van der Waals surface area (Å²) in [5.74, 6) is 1.81. The topological polar surface area (TPSA) is 112 Å². The second-order valence-electron chi connectivity index (χ2n) is 6.92. The average Bonchev–Trinajstić information content (AvgIpc) is 3.19. The van der Waals surface area contributed by atoms with Gasteiger partial charge in [0.1, 0.15) is 29.5 Å². The lowest BCUT2D eigenvalue weighted by atomic mass is 9.88. The third-order valence-corrected chi connectivity index (χ3v) is 6.46. The van der Waals surface area contributed by atoms with E-state index in [0.29, 0.717) is 12.0 Å². The predicted molar refractivity (Wildman–Crippen MR) is 108 cm³/mol. The zero-order valence-corrected chi connectivity index (χ0v) is 17.5. The first-order valence-electron chi connectivity index (χ1n) is 9.02. The molecule has 0 bridgehead atoms. The number of hydrogen-bond donors (Lipinski definition) is 2. The fourth-order valence-corrected chi connectivity index (χ4v) is 4.86. The van der Waals surface area contributed by atoms with Gasteiger partial charge in [0.25, 0.3) is 5.56 Å². The Morgan fingerprint density at radius 3 is 3.00 bits per heavy atom. The molecule has 0 amide bonds. The molecule has 31 heavy (non-hydrogen) atoms. The van der Waals surface area contributed by atoms with Gasteiger partial charge in [0.2, 0.25) is 0 Å². The molecule has 4 rings (SSSR count). The summed E-state index contributed by atoms with van der Waals surface area (Å²) >= 11 is 5.13. The summed E-state index contributed by atoms with van der Waals surface area (Å²) < 4.78 is 48.8. The van der Waals surface area contributed by atoms with Gasteiger partial charge in [-0.25, -0.2) is 8.96 Å². The summed E-state index contributed by atoms with van der Waals surface area (Å²) in [5.41, 5.74) is -2.70. The van der Waals surface area contributed by atoms with Crippen LogP contribution in [0.15, 0.2) is 29.2 Å². The molecule has 0 aliphatic carbocycles. The van der Waals surface area contributed by atoms with Crippen LogP contribution in [0.3, 0.4) is 0 Å². The largest absolute Gasteiger partial charge is 0.532 e. The summed E-state index contributed by atoms with van der Waals surface area (Å²) in [6, 6.07) is 3.55. The summed E-state index contributed by atoms with van der Waals surface area (Å²) in [6.45, 7) is -0.268. The van der Waals surface area contributed by atoms with E-state index in [4.69, 9.17) is 44.8 Å². The molecule has 160 valence electrons. The van der Waals surface area contributed by atoms with E-state index >= 15 is 0 Å². The maximum absolute atomic E-state index is 13.3. The minimum Gasteiger partial charge on any atom is -0.404 e. The maximum atomic E-state index is 13.3. The van der Waals surface area contributed by atoms with E-state index in [9.17, 15) is 18.9 Å². The molecule has 1 saturated heterocycles. The van der Waals surface area contributed by atoms with Crippen molar-refractivity contribution < 1.29 is 32.4 Å². The van der Waals surface area contributed by atoms with Crippen LogP contribution in [0.4, 0.5) is 4.39 Å². The van der Waals surface area contributed by atoms with Gasteiger partial charge < -0.3 is 14.4 Å². The Labute approximate surface area is 182 Å². The van der Waals surface area contributed by atoms with Crippen LogP contribution >= 0.6 is 20.0 Å². The van der Waals surface area contributed by atoms with Crippen LogP contribution in [0.2, 0.25) is 0 Å². The minimum absolute atomic E-state index is 0.0449. The molecule has 2 aliphatic heterocycles. The predicted octanol–water partition coefficient (Wildman–Crippen LogP) is 2.25. The van der Waals surface area contributed by atoms with E-state index in [-0.39, 0.29) is 29.1 Å². The number of hydrogen-bond acceptors (Lipinski definition) is 8. The van der Waals surface area contributed by atoms with Crippen molar-refractivity contribution in [2.75, 3.05) is 0 Å². The molecule has 2 N–H and O–H groups in total. The molecule has 0 saturated carbocycles. The summed E-state index contributed by atoms with van der Waals surface area (Å²) in [4.78, 5) is 14.2. The van der Waals surface area contributed by atoms with Crippen LogP contribution in [0.5, 0.6) is 5.75 Å². The Bertz CT molecular complexity index is 1240. The quantitative estimate of drug-likeness (QED) is 0.233. The van der Waals surface area contributed by atoms with Gasteiger partial charge in [-0.2, -0.15) is 0 Å². The molecule has 1 aromatic carbocycles. The SMILES string of the molecule is [B]C(O)(OP1(=O)OCc2cc(F)ccc2O1)C1CCC(n2cc(C#C)c(=O)[nH]c2=S)O1. The van der Waals surface area contributed by atoms with Gasteiger partial charge in [0.15, 0.2) is 18.3 Å². The molecule has 1 aromatic heterocycles. The molecule has 1 fully saturated rings. The zero-order chi connectivity index (χ0) is 22.4. The molecular formula is C18H15BFN2O7PS. The summed E-state index contributed by atoms with van der Waals surface area (Å²) in [7, 11) is 1.50. The number of nitrogens with one attached hydrogen (secondary N) is 1. The van der Waals surface area contributed by atoms with Gasteiger partial charge in [-0.1, -0.05) is 5.92 Å². The number of aromatic nitrogens is 2. The highest BCUT2D eigenvalue weighted by atomic mass is 32.1. The molecule has 0 spiro atoms. The molecule has 4 atom stereocenters. The number of nitrogens with zero attached hydrogens (tertiary/aromatic N) is 1. The van der Waals surface area contributed by atoms with Crippen LogP contribution in [0.1, 0.15) is 30.2 Å². The van der Waals surface area contributed by atoms with E-state index in [1.54, 1.807) is 0 Å². The highest BCUT2D eigenvalue weighted by Crippen LogP contribution is 2.57. The fraction of sp³-hybridized carbons (Fsp3) is 0.333. The van der Waals surface area contributed by atoms with Crippen molar-refractivity contribution in [3.8, 4) is 18.1 Å². The lowest BCUT2D eigenvalue weighted by molar-refractivity contribution is -0.176. The zero-order valence-electron chi connectivity index (χ0n) is 15.8. The summed E-state index contributed by atoms with van der Waals surface area (Å²) in [6.07, 6.45) is 5.31. The second kappa shape index (κ2) is 8.02. The number of phosphoric ester groups is 1. The monoisotopic (exact) mass is 464 g/mol. The fourth-order valence-electron chi connectivity index (χ4n) is 3.26. The average molecular weight is 464 g/mol. The van der Waals surface area contributed by atoms with Gasteiger partial charge in [0, 0.05) is 11.8 Å².